The van der Waals surface area contributed by atoms with E-state index in [4.69, 9.17) is 9.84 Å². The molecule has 0 atom stereocenters. The quantitative estimate of drug-likeness (QED) is 0.222. The zero-order chi connectivity index (χ0) is 25.6. The van der Waals surface area contributed by atoms with Gasteiger partial charge in [0, 0.05) is 5.56 Å². The van der Waals surface area contributed by atoms with E-state index in [9.17, 15) is 9.59 Å². The first-order valence-electron chi connectivity index (χ1n) is 11.7. The maximum Gasteiger partial charge on any atom is 0.340 e. The lowest BCUT2D eigenvalue weighted by Gasteiger charge is -2.10. The monoisotopic (exact) mass is 509 g/mol. The van der Waals surface area contributed by atoms with Crippen molar-refractivity contribution < 1.29 is 14.3 Å². The Labute approximate surface area is 217 Å². The number of nitrogens with one attached hydrogen (secondary N) is 1. The molecule has 0 aliphatic carbocycles. The van der Waals surface area contributed by atoms with Crippen molar-refractivity contribution in [3.8, 4) is 22.4 Å². The number of anilines is 1. The van der Waals surface area contributed by atoms with Crippen LogP contribution in [0.3, 0.4) is 0 Å². The molecular formula is C28H23N5O3S. The Morgan fingerprint density at radius 1 is 0.838 bits per heavy atom. The maximum atomic E-state index is 12.7. The van der Waals surface area contributed by atoms with E-state index in [0.29, 0.717) is 22.1 Å². The molecule has 0 radical (unpaired) electrons. The zero-order valence-electron chi connectivity index (χ0n) is 20.0. The summed E-state index contributed by atoms with van der Waals surface area (Å²) in [7, 11) is 0. The normalized spacial score (nSPS) is 10.8. The first kappa shape index (κ1) is 24.2. The van der Waals surface area contributed by atoms with Crippen LogP contribution in [0.15, 0.2) is 96.2 Å². The molecule has 9 heteroatoms. The molecule has 5 rings (SSSR count). The zero-order valence-corrected chi connectivity index (χ0v) is 20.8. The molecule has 184 valence electrons. The molecule has 1 amide bonds. The molecule has 1 N–H and O–H groups in total. The minimum atomic E-state index is -0.483. The van der Waals surface area contributed by atoms with Gasteiger partial charge in [0.15, 0.2) is 5.65 Å². The van der Waals surface area contributed by atoms with Crippen LogP contribution in [-0.2, 0) is 9.53 Å². The molecule has 0 aliphatic heterocycles. The van der Waals surface area contributed by atoms with Gasteiger partial charge in [-0.15, -0.1) is 10.2 Å². The number of para-hydroxylation sites is 1. The Morgan fingerprint density at radius 3 is 2.32 bits per heavy atom. The topological polar surface area (TPSA) is 98.5 Å². The molecule has 37 heavy (non-hydrogen) atoms. The van der Waals surface area contributed by atoms with Gasteiger partial charge in [0.25, 0.3) is 0 Å². The second-order valence-electron chi connectivity index (χ2n) is 8.02. The Balaban J connectivity index is 1.29. The van der Waals surface area contributed by atoms with Crippen LogP contribution in [0.5, 0.6) is 0 Å². The van der Waals surface area contributed by atoms with E-state index in [-0.39, 0.29) is 18.3 Å². The predicted octanol–water partition coefficient (Wildman–Crippen LogP) is 5.37. The lowest BCUT2D eigenvalue weighted by atomic mass is 10.0. The van der Waals surface area contributed by atoms with Crippen LogP contribution in [0.1, 0.15) is 17.3 Å². The first-order valence-corrected chi connectivity index (χ1v) is 12.7. The van der Waals surface area contributed by atoms with Crippen molar-refractivity contribution in [3.05, 3.63) is 96.6 Å². The fraction of sp³-hybridized carbons (Fsp3) is 0.107. The van der Waals surface area contributed by atoms with Gasteiger partial charge in [-0.25, -0.2) is 4.79 Å². The van der Waals surface area contributed by atoms with Crippen molar-refractivity contribution in [1.82, 2.24) is 19.8 Å². The van der Waals surface area contributed by atoms with Crippen LogP contribution >= 0.6 is 11.8 Å². The summed E-state index contributed by atoms with van der Waals surface area (Å²) in [5.41, 5.74) is 5.29. The summed E-state index contributed by atoms with van der Waals surface area (Å²) in [5.74, 6) is -0.704. The standard InChI is InChI=1S/C28H23N5O3S/c1-2-36-27(35)22-10-6-7-11-24(22)29-26(34)18-37-28-31-30-25-17-16-23(32-33(25)28)21-14-12-20(13-15-21)19-8-4-3-5-9-19/h3-17H,2,18H2,1H3,(H,29,34). The SMILES string of the molecule is CCOC(=O)c1ccccc1NC(=O)CSc1nnc2ccc(-c3ccc(-c4ccccc4)cc3)nn12. The fourth-order valence-corrected chi connectivity index (χ4v) is 4.46. The average Bonchev–Trinajstić information content (AvgIpc) is 3.35. The van der Waals surface area contributed by atoms with Gasteiger partial charge in [-0.1, -0.05) is 78.5 Å². The number of benzene rings is 3. The number of fused-ring (bicyclic) bond motifs is 1. The summed E-state index contributed by atoms with van der Waals surface area (Å²) >= 11 is 1.21. The van der Waals surface area contributed by atoms with Crippen LogP contribution in [-0.4, -0.2) is 44.0 Å². The fourth-order valence-electron chi connectivity index (χ4n) is 3.77. The number of thioether (sulfide) groups is 1. The molecule has 0 saturated carbocycles. The van der Waals surface area contributed by atoms with E-state index in [2.05, 4.69) is 39.8 Å². The highest BCUT2D eigenvalue weighted by atomic mass is 32.2. The third-order valence-corrected chi connectivity index (χ3v) is 6.47. The number of carbonyl (C=O) groups is 2. The van der Waals surface area contributed by atoms with Crippen molar-refractivity contribution in [2.24, 2.45) is 0 Å². The lowest BCUT2D eigenvalue weighted by molar-refractivity contribution is -0.113. The number of amides is 1. The Bertz CT molecular complexity index is 1550. The van der Waals surface area contributed by atoms with Crippen LogP contribution in [0.25, 0.3) is 28.0 Å². The summed E-state index contributed by atoms with van der Waals surface area (Å²) in [6.07, 6.45) is 0. The van der Waals surface area contributed by atoms with Gasteiger partial charge in [-0.2, -0.15) is 9.61 Å². The van der Waals surface area contributed by atoms with E-state index in [1.807, 2.05) is 42.5 Å². The van der Waals surface area contributed by atoms with E-state index in [1.54, 1.807) is 35.7 Å². The van der Waals surface area contributed by atoms with Gasteiger partial charge in [0.1, 0.15) is 0 Å². The van der Waals surface area contributed by atoms with E-state index in [1.165, 1.54) is 11.8 Å². The van der Waals surface area contributed by atoms with Crippen molar-refractivity contribution in [2.45, 2.75) is 12.1 Å². The van der Waals surface area contributed by atoms with Gasteiger partial charge >= 0.3 is 5.97 Å². The molecular weight excluding hydrogens is 486 g/mol. The summed E-state index contributed by atoms with van der Waals surface area (Å²) in [5, 5.41) is 16.3. The smallest absolute Gasteiger partial charge is 0.340 e. The third kappa shape index (κ3) is 5.52. The summed E-state index contributed by atoms with van der Waals surface area (Å²) < 4.78 is 6.70. The lowest BCUT2D eigenvalue weighted by Crippen LogP contribution is -2.17. The largest absolute Gasteiger partial charge is 0.462 e. The molecule has 0 fully saturated rings. The second-order valence-corrected chi connectivity index (χ2v) is 8.96. The predicted molar refractivity (Wildman–Crippen MR) is 143 cm³/mol. The molecule has 0 bridgehead atoms. The molecule has 0 spiro atoms. The van der Waals surface area contributed by atoms with E-state index < -0.39 is 5.97 Å². The van der Waals surface area contributed by atoms with Crippen LogP contribution < -0.4 is 5.32 Å². The molecule has 8 nitrogen and oxygen atoms in total. The molecule has 3 aromatic carbocycles. The number of aromatic nitrogens is 4. The van der Waals surface area contributed by atoms with Gasteiger partial charge in [-0.05, 0) is 42.3 Å². The molecule has 5 aromatic rings. The van der Waals surface area contributed by atoms with Crippen molar-refractivity contribution in [1.29, 1.82) is 0 Å². The number of esters is 1. The number of hydrogen-bond donors (Lipinski definition) is 1. The van der Waals surface area contributed by atoms with E-state index in [0.717, 1.165) is 22.4 Å². The summed E-state index contributed by atoms with van der Waals surface area (Å²) in [6, 6.07) is 28.9. The van der Waals surface area contributed by atoms with Gasteiger partial charge in [-0.3, -0.25) is 4.79 Å². The molecule has 0 unspecified atom stereocenters. The average molecular weight is 510 g/mol. The van der Waals surface area contributed by atoms with Crippen LogP contribution in [0.4, 0.5) is 5.69 Å². The van der Waals surface area contributed by atoms with Crippen molar-refractivity contribution in [3.63, 3.8) is 0 Å². The van der Waals surface area contributed by atoms with Gasteiger partial charge < -0.3 is 10.1 Å². The Hall–Kier alpha value is -4.50. The molecule has 0 saturated heterocycles. The molecule has 2 aromatic heterocycles. The van der Waals surface area contributed by atoms with Gasteiger partial charge in [0.2, 0.25) is 11.1 Å². The second kappa shape index (κ2) is 11.0. The minimum Gasteiger partial charge on any atom is -0.462 e. The van der Waals surface area contributed by atoms with E-state index >= 15 is 0 Å². The molecule has 0 aliphatic rings. The highest BCUT2D eigenvalue weighted by Gasteiger charge is 2.16. The van der Waals surface area contributed by atoms with Crippen LogP contribution in [0.2, 0.25) is 0 Å². The highest BCUT2D eigenvalue weighted by Crippen LogP contribution is 2.25. The van der Waals surface area contributed by atoms with Gasteiger partial charge in [0.05, 0.1) is 29.3 Å². The minimum absolute atomic E-state index is 0.0651. The Kier molecular flexibility index (Phi) is 7.23. The van der Waals surface area contributed by atoms with Crippen molar-refractivity contribution >= 4 is 35.0 Å². The summed E-state index contributed by atoms with van der Waals surface area (Å²) in [6.45, 7) is 1.99. The number of hydrogen-bond acceptors (Lipinski definition) is 7. The number of carbonyl (C=O) groups excluding carboxylic acids is 2. The summed E-state index contributed by atoms with van der Waals surface area (Å²) in [4.78, 5) is 24.8. The number of ether oxygens (including phenoxy) is 1. The maximum absolute atomic E-state index is 12.7. The third-order valence-electron chi connectivity index (χ3n) is 5.55. The molecule has 2 heterocycles. The van der Waals surface area contributed by atoms with Crippen molar-refractivity contribution in [2.75, 3.05) is 17.7 Å². The number of rotatable bonds is 8. The van der Waals surface area contributed by atoms with Crippen LogP contribution in [0, 0.1) is 0 Å². The first-order chi connectivity index (χ1) is 18.1. The highest BCUT2D eigenvalue weighted by molar-refractivity contribution is 7.99. The number of nitrogens with zero attached hydrogens (tertiary/aromatic N) is 4. The Morgan fingerprint density at radius 2 is 1.54 bits per heavy atom.